The van der Waals surface area contributed by atoms with Crippen molar-refractivity contribution < 1.29 is 9.50 Å². The highest BCUT2D eigenvalue weighted by molar-refractivity contribution is 5.23. The summed E-state index contributed by atoms with van der Waals surface area (Å²) in [5.41, 5.74) is 2.16. The molecule has 1 aliphatic heterocycles. The molecule has 3 atom stereocenters. The van der Waals surface area contributed by atoms with Crippen LogP contribution in [-0.2, 0) is 0 Å². The molecule has 3 rings (SSSR count). The Kier molecular flexibility index (Phi) is 5.39. The van der Waals surface area contributed by atoms with E-state index in [1.807, 2.05) is 18.2 Å². The minimum absolute atomic E-state index is 0.0103. The van der Waals surface area contributed by atoms with Crippen molar-refractivity contribution in [2.75, 3.05) is 13.2 Å². The van der Waals surface area contributed by atoms with Crippen LogP contribution < -0.4 is 10.6 Å². The lowest BCUT2D eigenvalue weighted by atomic mass is 9.91. The van der Waals surface area contributed by atoms with Gasteiger partial charge in [0.05, 0.1) is 12.6 Å². The Balaban J connectivity index is 1.76. The maximum absolute atomic E-state index is 13.1. The van der Waals surface area contributed by atoms with Gasteiger partial charge in [-0.1, -0.05) is 42.5 Å². The van der Waals surface area contributed by atoms with Crippen LogP contribution in [0, 0.1) is 5.82 Å². The highest BCUT2D eigenvalue weighted by Crippen LogP contribution is 2.26. The summed E-state index contributed by atoms with van der Waals surface area (Å²) in [5.74, 6) is -0.257. The monoisotopic (exact) mass is 314 g/mol. The first-order valence-corrected chi connectivity index (χ1v) is 8.18. The number of piperidine rings is 1. The van der Waals surface area contributed by atoms with E-state index in [1.165, 1.54) is 17.7 Å². The van der Waals surface area contributed by atoms with E-state index in [1.54, 1.807) is 12.1 Å². The largest absolute Gasteiger partial charge is 0.394 e. The number of nitrogens with one attached hydrogen (secondary N) is 2. The van der Waals surface area contributed by atoms with Gasteiger partial charge in [0.2, 0.25) is 0 Å². The number of hydrogen-bond acceptors (Lipinski definition) is 3. The average molecular weight is 314 g/mol. The summed E-state index contributed by atoms with van der Waals surface area (Å²) >= 11 is 0. The molecule has 0 aliphatic carbocycles. The van der Waals surface area contributed by atoms with E-state index in [9.17, 15) is 9.50 Å². The average Bonchev–Trinajstić information content (AvgIpc) is 2.62. The third-order valence-corrected chi connectivity index (χ3v) is 4.49. The molecule has 3 nitrogen and oxygen atoms in total. The van der Waals surface area contributed by atoms with Crippen molar-refractivity contribution in [3.8, 4) is 0 Å². The Bertz CT molecular complexity index is 603. The van der Waals surface area contributed by atoms with Crippen molar-refractivity contribution in [3.63, 3.8) is 0 Å². The van der Waals surface area contributed by atoms with Gasteiger partial charge in [0.25, 0.3) is 0 Å². The Morgan fingerprint density at radius 3 is 2.57 bits per heavy atom. The fraction of sp³-hybridized carbons (Fsp3) is 0.368. The summed E-state index contributed by atoms with van der Waals surface area (Å²) in [5, 5.41) is 16.9. The molecule has 1 heterocycles. The zero-order valence-electron chi connectivity index (χ0n) is 13.1. The number of benzene rings is 2. The van der Waals surface area contributed by atoms with E-state index in [0.717, 1.165) is 24.9 Å². The number of aliphatic hydroxyl groups excluding tert-OH is 1. The molecule has 0 aromatic heterocycles. The van der Waals surface area contributed by atoms with Crippen LogP contribution in [0.15, 0.2) is 54.6 Å². The smallest absolute Gasteiger partial charge is 0.123 e. The summed E-state index contributed by atoms with van der Waals surface area (Å²) < 4.78 is 13.1. The minimum atomic E-state index is -0.257. The molecule has 4 heteroatoms. The second-order valence-corrected chi connectivity index (χ2v) is 6.04. The molecular formula is C19H23FN2O. The summed E-state index contributed by atoms with van der Waals surface area (Å²) in [6, 6.07) is 17.0. The van der Waals surface area contributed by atoms with Gasteiger partial charge >= 0.3 is 0 Å². The third-order valence-electron chi connectivity index (χ3n) is 4.49. The third kappa shape index (κ3) is 3.96. The van der Waals surface area contributed by atoms with Gasteiger partial charge in [-0.25, -0.2) is 4.39 Å². The highest BCUT2D eigenvalue weighted by Gasteiger charge is 2.28. The molecule has 1 fully saturated rings. The zero-order valence-corrected chi connectivity index (χ0v) is 13.1. The van der Waals surface area contributed by atoms with Gasteiger partial charge in [-0.05, 0) is 42.6 Å². The standard InChI is InChI=1S/C19H23FN2O/c20-16-10-8-14(9-11-16)18(13-23)22-17-7-4-12-21-19(17)15-5-2-1-3-6-15/h1-3,5-6,8-11,17-19,21-23H,4,7,12-13H2/t17-,18?,19-/m0/s1. The van der Waals surface area contributed by atoms with Gasteiger partial charge < -0.3 is 15.7 Å². The predicted octanol–water partition coefficient (Wildman–Crippen LogP) is 2.94. The van der Waals surface area contributed by atoms with Crippen LogP contribution in [0.3, 0.4) is 0 Å². The van der Waals surface area contributed by atoms with Gasteiger partial charge in [0.1, 0.15) is 5.82 Å². The molecule has 1 saturated heterocycles. The lowest BCUT2D eigenvalue weighted by Crippen LogP contribution is -2.47. The van der Waals surface area contributed by atoms with Crippen molar-refractivity contribution in [3.05, 3.63) is 71.5 Å². The Morgan fingerprint density at radius 2 is 1.87 bits per heavy atom. The molecule has 2 aromatic rings. The Labute approximate surface area is 136 Å². The summed E-state index contributed by atoms with van der Waals surface area (Å²) in [6.45, 7) is 0.988. The first kappa shape index (κ1) is 16.1. The molecule has 3 N–H and O–H groups in total. The van der Waals surface area contributed by atoms with Crippen molar-refractivity contribution in [2.45, 2.75) is 31.0 Å². The highest BCUT2D eigenvalue weighted by atomic mass is 19.1. The van der Waals surface area contributed by atoms with Crippen LogP contribution in [0.1, 0.15) is 36.1 Å². The van der Waals surface area contributed by atoms with Crippen LogP contribution in [0.4, 0.5) is 4.39 Å². The predicted molar refractivity (Wildman–Crippen MR) is 89.6 cm³/mol. The number of aliphatic hydroxyl groups is 1. The summed E-state index contributed by atoms with van der Waals surface area (Å²) in [7, 11) is 0. The topological polar surface area (TPSA) is 44.3 Å². The van der Waals surface area contributed by atoms with Gasteiger partial charge in [-0.15, -0.1) is 0 Å². The van der Waals surface area contributed by atoms with E-state index in [-0.39, 0.29) is 30.5 Å². The van der Waals surface area contributed by atoms with Crippen LogP contribution in [0.2, 0.25) is 0 Å². The first-order chi connectivity index (χ1) is 11.3. The number of halogens is 1. The lowest BCUT2D eigenvalue weighted by molar-refractivity contribution is 0.206. The maximum atomic E-state index is 13.1. The van der Waals surface area contributed by atoms with Gasteiger partial charge in [-0.3, -0.25) is 0 Å². The van der Waals surface area contributed by atoms with Crippen molar-refractivity contribution in [2.24, 2.45) is 0 Å². The molecule has 0 spiro atoms. The minimum Gasteiger partial charge on any atom is -0.394 e. The van der Waals surface area contributed by atoms with E-state index >= 15 is 0 Å². The summed E-state index contributed by atoms with van der Waals surface area (Å²) in [4.78, 5) is 0. The molecule has 0 saturated carbocycles. The molecule has 122 valence electrons. The number of rotatable bonds is 5. The maximum Gasteiger partial charge on any atom is 0.123 e. The lowest BCUT2D eigenvalue weighted by Gasteiger charge is -2.36. The van der Waals surface area contributed by atoms with Crippen molar-refractivity contribution in [1.82, 2.24) is 10.6 Å². The zero-order chi connectivity index (χ0) is 16.1. The molecule has 1 unspecified atom stereocenters. The van der Waals surface area contributed by atoms with E-state index in [0.29, 0.717) is 0 Å². The Hall–Kier alpha value is -1.75. The second kappa shape index (κ2) is 7.68. The molecule has 0 bridgehead atoms. The molecule has 0 radical (unpaired) electrons. The molecule has 0 amide bonds. The van der Waals surface area contributed by atoms with E-state index in [4.69, 9.17) is 0 Å². The van der Waals surface area contributed by atoms with Crippen molar-refractivity contribution in [1.29, 1.82) is 0 Å². The van der Waals surface area contributed by atoms with Gasteiger partial charge in [0, 0.05) is 12.1 Å². The molecular weight excluding hydrogens is 291 g/mol. The quantitative estimate of drug-likeness (QED) is 0.795. The van der Waals surface area contributed by atoms with Gasteiger partial charge in [-0.2, -0.15) is 0 Å². The fourth-order valence-corrected chi connectivity index (χ4v) is 3.29. The number of hydrogen-bond donors (Lipinski definition) is 3. The molecule has 1 aliphatic rings. The molecule has 23 heavy (non-hydrogen) atoms. The molecule has 2 aromatic carbocycles. The SMILES string of the molecule is OCC(N[C@H]1CCCN[C@H]1c1ccccc1)c1ccc(F)cc1. The van der Waals surface area contributed by atoms with Gasteiger partial charge in [0.15, 0.2) is 0 Å². The van der Waals surface area contributed by atoms with Crippen LogP contribution in [-0.4, -0.2) is 24.3 Å². The van der Waals surface area contributed by atoms with E-state index < -0.39 is 0 Å². The van der Waals surface area contributed by atoms with E-state index in [2.05, 4.69) is 22.8 Å². The van der Waals surface area contributed by atoms with Crippen LogP contribution in [0.5, 0.6) is 0 Å². The fourth-order valence-electron chi connectivity index (χ4n) is 3.29. The van der Waals surface area contributed by atoms with Crippen LogP contribution in [0.25, 0.3) is 0 Å². The Morgan fingerprint density at radius 1 is 1.13 bits per heavy atom. The second-order valence-electron chi connectivity index (χ2n) is 6.04. The van der Waals surface area contributed by atoms with Crippen molar-refractivity contribution >= 4 is 0 Å². The first-order valence-electron chi connectivity index (χ1n) is 8.18. The summed E-state index contributed by atoms with van der Waals surface area (Å²) in [6.07, 6.45) is 2.15. The van der Waals surface area contributed by atoms with Crippen LogP contribution >= 0.6 is 0 Å². The normalized spacial score (nSPS) is 22.7.